The zero-order valence-electron chi connectivity index (χ0n) is 29.7. The second-order valence-corrected chi connectivity index (χ2v) is 16.1. The van der Waals surface area contributed by atoms with Crippen LogP contribution in [0.5, 0.6) is 0 Å². The molecular formula is C40H62Cl2N4O4. The van der Waals surface area contributed by atoms with Crippen LogP contribution in [0.25, 0.3) is 0 Å². The van der Waals surface area contributed by atoms with Gasteiger partial charge in [0.1, 0.15) is 5.60 Å². The van der Waals surface area contributed by atoms with Crippen LogP contribution in [-0.2, 0) is 4.74 Å². The number of nitrogens with one attached hydrogen (secondary N) is 1. The number of ether oxygens (including phenoxy) is 1. The van der Waals surface area contributed by atoms with E-state index < -0.39 is 17.8 Å². The minimum atomic E-state index is -0.513. The van der Waals surface area contributed by atoms with Gasteiger partial charge in [0.25, 0.3) is 0 Å². The van der Waals surface area contributed by atoms with Crippen LogP contribution in [-0.4, -0.2) is 100 Å². The molecule has 0 aliphatic carbocycles. The SMILES string of the molecule is C.CC(C)(C)OC(=O)N1CCC(N2CCCCC2C(O)c2ccc(Cl)cc2)CC1.OC(c1ccc(Cl)cc1)C1CCCCN1C1CCNCC1. The van der Waals surface area contributed by atoms with Crippen LogP contribution in [0.4, 0.5) is 4.79 Å². The summed E-state index contributed by atoms with van der Waals surface area (Å²) < 4.78 is 5.51. The molecule has 4 saturated heterocycles. The predicted molar refractivity (Wildman–Crippen MR) is 205 cm³/mol. The average Bonchev–Trinajstić information content (AvgIpc) is 3.12. The van der Waals surface area contributed by atoms with Gasteiger partial charge in [-0.1, -0.05) is 67.7 Å². The molecule has 2 aromatic carbocycles. The highest BCUT2D eigenvalue weighted by Crippen LogP contribution is 2.34. The molecule has 0 spiro atoms. The van der Waals surface area contributed by atoms with Crippen LogP contribution < -0.4 is 5.32 Å². The number of aliphatic hydroxyl groups excluding tert-OH is 2. The monoisotopic (exact) mass is 732 g/mol. The summed E-state index contributed by atoms with van der Waals surface area (Å²) >= 11 is 12.0. The third-order valence-corrected chi connectivity index (χ3v) is 11.2. The lowest BCUT2D eigenvalue weighted by Gasteiger charge is -2.46. The van der Waals surface area contributed by atoms with Crippen molar-refractivity contribution >= 4 is 29.3 Å². The number of piperidine rings is 4. The van der Waals surface area contributed by atoms with E-state index in [-0.39, 0.29) is 25.6 Å². The Morgan fingerprint density at radius 3 is 1.54 bits per heavy atom. The first-order valence-electron chi connectivity index (χ1n) is 18.6. The van der Waals surface area contributed by atoms with Gasteiger partial charge < -0.3 is 25.2 Å². The maximum absolute atomic E-state index is 12.3. The van der Waals surface area contributed by atoms with Crippen LogP contribution >= 0.6 is 23.2 Å². The second kappa shape index (κ2) is 19.2. The van der Waals surface area contributed by atoms with E-state index in [0.29, 0.717) is 30.2 Å². The van der Waals surface area contributed by atoms with E-state index in [9.17, 15) is 15.0 Å². The van der Waals surface area contributed by atoms with Gasteiger partial charge >= 0.3 is 6.09 Å². The van der Waals surface area contributed by atoms with E-state index in [1.165, 1.54) is 25.7 Å². The highest BCUT2D eigenvalue weighted by molar-refractivity contribution is 6.30. The molecule has 4 fully saturated rings. The maximum Gasteiger partial charge on any atom is 0.410 e. The summed E-state index contributed by atoms with van der Waals surface area (Å²) in [7, 11) is 0. The number of carbonyl (C=O) groups excluding carboxylic acids is 1. The normalized spacial score (nSPS) is 24.3. The summed E-state index contributed by atoms with van der Waals surface area (Å²) in [5, 5.41) is 26.7. The van der Waals surface area contributed by atoms with Crippen molar-refractivity contribution in [3.05, 3.63) is 69.7 Å². The van der Waals surface area contributed by atoms with E-state index in [1.807, 2.05) is 74.2 Å². The van der Waals surface area contributed by atoms with Gasteiger partial charge in [-0.3, -0.25) is 9.80 Å². The van der Waals surface area contributed by atoms with Crippen molar-refractivity contribution in [2.24, 2.45) is 0 Å². The highest BCUT2D eigenvalue weighted by atomic mass is 35.5. The molecule has 1 amide bonds. The lowest BCUT2D eigenvalue weighted by atomic mass is 9.89. The number of likely N-dealkylation sites (tertiary alicyclic amines) is 3. The Hall–Kier alpha value is -1.91. The average molecular weight is 734 g/mol. The van der Waals surface area contributed by atoms with Crippen molar-refractivity contribution in [3.63, 3.8) is 0 Å². The Morgan fingerprint density at radius 2 is 1.12 bits per heavy atom. The van der Waals surface area contributed by atoms with Crippen LogP contribution in [0.3, 0.4) is 0 Å². The van der Waals surface area contributed by atoms with Gasteiger partial charge in [-0.05, 0) is 134 Å². The number of hydrogen-bond donors (Lipinski definition) is 3. The maximum atomic E-state index is 12.3. The van der Waals surface area contributed by atoms with Crippen molar-refractivity contribution in [3.8, 4) is 0 Å². The van der Waals surface area contributed by atoms with Crippen molar-refractivity contribution < 1.29 is 19.7 Å². The molecule has 4 aliphatic rings. The highest BCUT2D eigenvalue weighted by Gasteiger charge is 2.37. The Labute approximate surface area is 311 Å². The lowest BCUT2D eigenvalue weighted by molar-refractivity contribution is -0.0230. The van der Waals surface area contributed by atoms with E-state index >= 15 is 0 Å². The number of amides is 1. The molecule has 10 heteroatoms. The minimum Gasteiger partial charge on any atom is -0.444 e. The van der Waals surface area contributed by atoms with Gasteiger partial charge in [0.15, 0.2) is 0 Å². The molecule has 4 unspecified atom stereocenters. The molecule has 0 saturated carbocycles. The summed E-state index contributed by atoms with van der Waals surface area (Å²) in [5.41, 5.74) is 1.45. The predicted octanol–water partition coefficient (Wildman–Crippen LogP) is 8.24. The minimum absolute atomic E-state index is 0. The first kappa shape index (κ1) is 40.9. The van der Waals surface area contributed by atoms with E-state index in [1.54, 1.807) is 0 Å². The van der Waals surface area contributed by atoms with Gasteiger partial charge in [0.2, 0.25) is 0 Å². The van der Waals surface area contributed by atoms with Crippen molar-refractivity contribution in [1.29, 1.82) is 0 Å². The number of rotatable bonds is 6. The first-order valence-corrected chi connectivity index (χ1v) is 19.3. The molecule has 4 heterocycles. The Kier molecular flexibility index (Phi) is 15.7. The molecule has 2 aromatic rings. The lowest BCUT2D eigenvalue weighted by Crippen LogP contribution is -2.53. The summed E-state index contributed by atoms with van der Waals surface area (Å²) in [4.78, 5) is 19.2. The van der Waals surface area contributed by atoms with Crippen LogP contribution in [0.2, 0.25) is 10.0 Å². The van der Waals surface area contributed by atoms with E-state index in [2.05, 4.69) is 15.1 Å². The Balaban J connectivity index is 0.000000229. The molecule has 280 valence electrons. The number of hydrogen-bond acceptors (Lipinski definition) is 7. The summed E-state index contributed by atoms with van der Waals surface area (Å²) in [6, 6.07) is 16.6. The van der Waals surface area contributed by atoms with Gasteiger partial charge in [-0.15, -0.1) is 0 Å². The van der Waals surface area contributed by atoms with E-state index in [0.717, 1.165) is 80.9 Å². The smallest absolute Gasteiger partial charge is 0.410 e. The zero-order valence-corrected chi connectivity index (χ0v) is 31.2. The van der Waals surface area contributed by atoms with Crippen molar-refractivity contribution in [1.82, 2.24) is 20.0 Å². The molecule has 50 heavy (non-hydrogen) atoms. The third kappa shape index (κ3) is 11.3. The largest absolute Gasteiger partial charge is 0.444 e. The first-order chi connectivity index (χ1) is 23.5. The van der Waals surface area contributed by atoms with Crippen LogP contribution in [0.1, 0.15) is 116 Å². The van der Waals surface area contributed by atoms with Gasteiger partial charge in [0, 0.05) is 47.3 Å². The molecule has 0 radical (unpaired) electrons. The molecule has 6 rings (SSSR count). The standard InChI is InChI=1S/C22H33ClN2O3.C17H25ClN2O.CH4/c1-22(2,3)28-21(27)24-14-11-18(12-15-24)25-13-5-4-6-19(25)20(26)16-7-9-17(23)10-8-16;18-14-6-4-13(5-7-14)17(21)16-3-1-2-12-20(16)15-8-10-19-11-9-15;/h7-10,18-20,26H,4-6,11-15H2,1-3H3;4-7,15-17,19,21H,1-3,8-12H2;1H4. The summed E-state index contributed by atoms with van der Waals surface area (Å²) in [5.74, 6) is 0. The second-order valence-electron chi connectivity index (χ2n) is 15.3. The van der Waals surface area contributed by atoms with Crippen LogP contribution in [0.15, 0.2) is 48.5 Å². The molecule has 0 aromatic heterocycles. The van der Waals surface area contributed by atoms with Gasteiger partial charge in [-0.25, -0.2) is 4.79 Å². The molecule has 4 aliphatic heterocycles. The fraction of sp³-hybridized carbons (Fsp3) is 0.675. The molecule has 3 N–H and O–H groups in total. The summed E-state index contributed by atoms with van der Waals surface area (Å²) in [6.45, 7) is 11.4. The summed E-state index contributed by atoms with van der Waals surface area (Å²) in [6.07, 6.45) is 9.97. The van der Waals surface area contributed by atoms with E-state index in [4.69, 9.17) is 27.9 Å². The van der Waals surface area contributed by atoms with Gasteiger partial charge in [0.05, 0.1) is 12.2 Å². The molecule has 8 nitrogen and oxygen atoms in total. The fourth-order valence-corrected chi connectivity index (χ4v) is 8.41. The third-order valence-electron chi connectivity index (χ3n) is 10.7. The zero-order chi connectivity index (χ0) is 35.0. The Bertz CT molecular complexity index is 1290. The van der Waals surface area contributed by atoms with Gasteiger partial charge in [-0.2, -0.15) is 0 Å². The topological polar surface area (TPSA) is 88.5 Å². The van der Waals surface area contributed by atoms with Crippen molar-refractivity contribution in [2.45, 2.75) is 134 Å². The van der Waals surface area contributed by atoms with Crippen molar-refractivity contribution in [2.75, 3.05) is 39.3 Å². The number of halogens is 2. The number of nitrogens with zero attached hydrogens (tertiary/aromatic N) is 3. The van der Waals surface area contributed by atoms with Crippen LogP contribution in [0, 0.1) is 0 Å². The number of aliphatic hydroxyl groups is 2. The molecule has 4 atom stereocenters. The molecular weight excluding hydrogens is 671 g/mol. The number of carbonyl (C=O) groups is 1. The fourth-order valence-electron chi connectivity index (χ4n) is 8.15. The number of benzene rings is 2. The molecule has 0 bridgehead atoms. The Morgan fingerprint density at radius 1 is 0.700 bits per heavy atom. The quantitative estimate of drug-likeness (QED) is 0.276.